The Morgan fingerprint density at radius 3 is 2.50 bits per heavy atom. The molecule has 46 valence electrons. The molecule has 0 aromatic carbocycles. The lowest BCUT2D eigenvalue weighted by molar-refractivity contribution is -0.118. The first kappa shape index (κ1) is 7.03. The minimum absolute atomic E-state index is 0.188. The van der Waals surface area contributed by atoms with Gasteiger partial charge in [0, 0.05) is 6.54 Å². The second kappa shape index (κ2) is 4.20. The van der Waals surface area contributed by atoms with Gasteiger partial charge in [0.25, 0.3) is 0 Å². The fourth-order valence-corrected chi connectivity index (χ4v) is 0.245. The number of hydrogen-bond donors (Lipinski definition) is 1. The van der Waals surface area contributed by atoms with Crippen molar-refractivity contribution in [2.75, 3.05) is 13.1 Å². The first-order chi connectivity index (χ1) is 3.85. The van der Waals surface area contributed by atoms with E-state index in [9.17, 15) is 9.70 Å². The first-order valence-corrected chi connectivity index (χ1v) is 2.10. The van der Waals surface area contributed by atoms with Gasteiger partial charge in [0.15, 0.2) is 0 Å². The topological polar surface area (TPSA) is 75.8 Å². The Balaban J connectivity index is 3.35. The number of nitrogens with two attached hydrogens (primary N) is 1. The smallest absolute Gasteiger partial charge is 0.232 e. The highest BCUT2D eigenvalue weighted by molar-refractivity contribution is 5.45. The Kier molecular flexibility index (Phi) is 3.69. The van der Waals surface area contributed by atoms with Crippen molar-refractivity contribution in [3.05, 3.63) is 4.91 Å². The maximum atomic E-state index is 9.70. The molecular weight excluding hydrogens is 110 g/mol. The van der Waals surface area contributed by atoms with Crippen LogP contribution in [0.2, 0.25) is 0 Å². The standard InChI is InChI=1S/C3H7N3O2/c4-1-2-6(3-7)5-8/h3H,1-2,4H2. The summed E-state index contributed by atoms with van der Waals surface area (Å²) in [6.07, 6.45) is 0.333. The van der Waals surface area contributed by atoms with Gasteiger partial charge >= 0.3 is 0 Å². The molecule has 0 aromatic rings. The predicted octanol–water partition coefficient (Wildman–Crippen LogP) is -0.915. The van der Waals surface area contributed by atoms with Gasteiger partial charge in [0.2, 0.25) is 6.41 Å². The highest BCUT2D eigenvalue weighted by Gasteiger charge is 1.93. The van der Waals surface area contributed by atoms with Gasteiger partial charge in [-0.1, -0.05) is 0 Å². The van der Waals surface area contributed by atoms with Crippen LogP contribution in [0.25, 0.3) is 0 Å². The van der Waals surface area contributed by atoms with Crippen LogP contribution in [0.3, 0.4) is 0 Å². The molecule has 0 aromatic heterocycles. The van der Waals surface area contributed by atoms with Crippen molar-refractivity contribution in [3.8, 4) is 0 Å². The summed E-state index contributed by atoms with van der Waals surface area (Å²) in [6.45, 7) is 0.442. The van der Waals surface area contributed by atoms with Gasteiger partial charge in [-0.25, -0.2) is 0 Å². The van der Waals surface area contributed by atoms with E-state index in [1.807, 2.05) is 0 Å². The Labute approximate surface area is 46.4 Å². The lowest BCUT2D eigenvalue weighted by Crippen LogP contribution is -2.22. The zero-order valence-electron chi connectivity index (χ0n) is 4.28. The molecule has 5 heteroatoms. The van der Waals surface area contributed by atoms with Crippen molar-refractivity contribution in [1.29, 1.82) is 0 Å². The second-order valence-corrected chi connectivity index (χ2v) is 1.14. The number of nitroso groups, excluding NO2 is 1. The molecule has 0 radical (unpaired) electrons. The summed E-state index contributed by atoms with van der Waals surface area (Å²) in [5.74, 6) is 0. The molecule has 0 atom stereocenters. The molecule has 0 unspecified atom stereocenters. The number of nitrogens with zero attached hydrogens (tertiary/aromatic N) is 2. The fraction of sp³-hybridized carbons (Fsp3) is 0.667. The SMILES string of the molecule is NCCN(C=O)N=O. The molecule has 0 spiro atoms. The molecule has 1 amide bonds. The zero-order valence-corrected chi connectivity index (χ0v) is 4.28. The lowest BCUT2D eigenvalue weighted by Gasteiger charge is -2.00. The van der Waals surface area contributed by atoms with Gasteiger partial charge < -0.3 is 5.73 Å². The van der Waals surface area contributed by atoms with Crippen LogP contribution in [-0.4, -0.2) is 24.5 Å². The molecule has 0 heterocycles. The van der Waals surface area contributed by atoms with Crippen molar-refractivity contribution in [2.24, 2.45) is 11.0 Å². The average Bonchev–Trinajstić information content (AvgIpc) is 1.83. The Hall–Kier alpha value is -0.970. The normalized spacial score (nSPS) is 8.12. The van der Waals surface area contributed by atoms with Gasteiger partial charge in [-0.15, -0.1) is 4.91 Å². The molecule has 0 aliphatic rings. The predicted molar refractivity (Wildman–Crippen MR) is 27.6 cm³/mol. The van der Waals surface area contributed by atoms with E-state index in [1.54, 1.807) is 0 Å². The second-order valence-electron chi connectivity index (χ2n) is 1.14. The third kappa shape index (κ3) is 2.25. The van der Waals surface area contributed by atoms with Crippen LogP contribution in [-0.2, 0) is 4.79 Å². The molecule has 0 saturated carbocycles. The summed E-state index contributed by atoms with van der Waals surface area (Å²) < 4.78 is 0. The Morgan fingerprint density at radius 2 is 2.38 bits per heavy atom. The van der Waals surface area contributed by atoms with E-state index in [1.165, 1.54) is 0 Å². The van der Waals surface area contributed by atoms with Gasteiger partial charge in [0.05, 0.1) is 11.8 Å². The molecule has 0 aliphatic carbocycles. The number of amides is 1. The van der Waals surface area contributed by atoms with E-state index in [4.69, 9.17) is 5.73 Å². The van der Waals surface area contributed by atoms with Crippen molar-refractivity contribution < 1.29 is 4.79 Å². The molecule has 5 nitrogen and oxygen atoms in total. The van der Waals surface area contributed by atoms with Crippen molar-refractivity contribution >= 4 is 6.41 Å². The maximum Gasteiger partial charge on any atom is 0.232 e. The number of rotatable bonds is 4. The highest BCUT2D eigenvalue weighted by Crippen LogP contribution is 1.77. The van der Waals surface area contributed by atoms with Crippen LogP contribution in [0.1, 0.15) is 0 Å². The summed E-state index contributed by atoms with van der Waals surface area (Å²) in [5, 5.41) is 3.03. The molecule has 0 aliphatic heterocycles. The third-order valence-corrected chi connectivity index (χ3v) is 0.585. The highest BCUT2D eigenvalue weighted by atomic mass is 16.3. The van der Waals surface area contributed by atoms with Crippen LogP contribution < -0.4 is 5.73 Å². The molecule has 0 fully saturated rings. The number of carbonyl (C=O) groups excluding carboxylic acids is 1. The molecule has 8 heavy (non-hydrogen) atoms. The summed E-state index contributed by atoms with van der Waals surface area (Å²) in [4.78, 5) is 19.2. The van der Waals surface area contributed by atoms with E-state index in [2.05, 4.69) is 5.29 Å². The summed E-state index contributed by atoms with van der Waals surface area (Å²) in [7, 11) is 0. The molecule has 2 N–H and O–H groups in total. The minimum atomic E-state index is 0.188. The Bertz CT molecular complexity index is 76.6. The van der Waals surface area contributed by atoms with E-state index < -0.39 is 0 Å². The monoisotopic (exact) mass is 117 g/mol. The van der Waals surface area contributed by atoms with Crippen molar-refractivity contribution in [3.63, 3.8) is 0 Å². The first-order valence-electron chi connectivity index (χ1n) is 2.10. The van der Waals surface area contributed by atoms with Crippen LogP contribution >= 0.6 is 0 Å². The minimum Gasteiger partial charge on any atom is -0.329 e. The number of hydrogen-bond acceptors (Lipinski definition) is 4. The molecule has 0 bridgehead atoms. The molecule has 0 rings (SSSR count). The van der Waals surface area contributed by atoms with Gasteiger partial charge in [-0.05, 0) is 0 Å². The Morgan fingerprint density at radius 1 is 1.75 bits per heavy atom. The van der Waals surface area contributed by atoms with E-state index in [0.717, 1.165) is 0 Å². The maximum absolute atomic E-state index is 9.70. The van der Waals surface area contributed by atoms with Crippen molar-refractivity contribution in [1.82, 2.24) is 5.01 Å². The fourth-order valence-electron chi connectivity index (χ4n) is 0.245. The van der Waals surface area contributed by atoms with Crippen LogP contribution in [0, 0.1) is 4.91 Å². The molecule has 0 saturated heterocycles. The largest absolute Gasteiger partial charge is 0.329 e. The summed E-state index contributed by atoms with van der Waals surface area (Å²) >= 11 is 0. The van der Waals surface area contributed by atoms with Crippen LogP contribution in [0.5, 0.6) is 0 Å². The van der Waals surface area contributed by atoms with Gasteiger partial charge in [-0.2, -0.15) is 5.01 Å². The van der Waals surface area contributed by atoms with E-state index >= 15 is 0 Å². The van der Waals surface area contributed by atoms with E-state index in [0.29, 0.717) is 11.4 Å². The lowest BCUT2D eigenvalue weighted by atomic mass is 10.6. The zero-order chi connectivity index (χ0) is 6.41. The van der Waals surface area contributed by atoms with Crippen LogP contribution in [0.4, 0.5) is 0 Å². The van der Waals surface area contributed by atoms with Crippen molar-refractivity contribution in [2.45, 2.75) is 0 Å². The number of carbonyl (C=O) groups is 1. The van der Waals surface area contributed by atoms with Crippen LogP contribution in [0.15, 0.2) is 5.29 Å². The van der Waals surface area contributed by atoms with Gasteiger partial charge in [-0.3, -0.25) is 4.79 Å². The quantitative estimate of drug-likeness (QED) is 0.294. The third-order valence-electron chi connectivity index (χ3n) is 0.585. The van der Waals surface area contributed by atoms with E-state index in [-0.39, 0.29) is 13.1 Å². The molecular formula is C3H7N3O2. The summed E-state index contributed by atoms with van der Waals surface area (Å²) in [6, 6.07) is 0. The summed E-state index contributed by atoms with van der Waals surface area (Å²) in [5.41, 5.74) is 4.98. The van der Waals surface area contributed by atoms with Gasteiger partial charge in [0.1, 0.15) is 0 Å². The average molecular weight is 117 g/mol.